The summed E-state index contributed by atoms with van der Waals surface area (Å²) in [6, 6.07) is 7.09. The zero-order chi connectivity index (χ0) is 13.9. The maximum atomic E-state index is 12.5. The van der Waals surface area contributed by atoms with Gasteiger partial charge in [0.1, 0.15) is 0 Å². The maximum Gasteiger partial charge on any atom is 0.416 e. The molecular weight excluding hydrogens is 253 g/mol. The van der Waals surface area contributed by atoms with Crippen molar-refractivity contribution in [1.82, 2.24) is 4.98 Å². The van der Waals surface area contributed by atoms with E-state index in [4.69, 9.17) is 0 Å². The first-order valence-electron chi connectivity index (χ1n) is 5.77. The molecule has 0 aliphatic rings. The van der Waals surface area contributed by atoms with E-state index in [1.165, 1.54) is 6.07 Å². The third kappa shape index (κ3) is 3.71. The number of rotatable bonds is 3. The summed E-state index contributed by atoms with van der Waals surface area (Å²) in [5.41, 5.74) is 1.73. The Labute approximate surface area is 109 Å². The number of aryl methyl sites for hydroxylation is 1. The number of nitrogens with zero attached hydrogens (tertiary/aromatic N) is 1. The van der Waals surface area contributed by atoms with Crippen molar-refractivity contribution in [3.63, 3.8) is 0 Å². The van der Waals surface area contributed by atoms with Gasteiger partial charge in [0.15, 0.2) is 0 Å². The summed E-state index contributed by atoms with van der Waals surface area (Å²) in [7, 11) is 0. The molecule has 5 heteroatoms. The number of halogens is 3. The van der Waals surface area contributed by atoms with Gasteiger partial charge in [0, 0.05) is 24.6 Å². The van der Waals surface area contributed by atoms with Crippen LogP contribution >= 0.6 is 0 Å². The van der Waals surface area contributed by atoms with Crippen molar-refractivity contribution in [1.29, 1.82) is 0 Å². The van der Waals surface area contributed by atoms with Crippen LogP contribution in [-0.2, 0) is 12.7 Å². The van der Waals surface area contributed by atoms with Gasteiger partial charge in [-0.15, -0.1) is 0 Å². The molecule has 0 saturated heterocycles. The Bertz CT molecular complexity index is 565. The van der Waals surface area contributed by atoms with Crippen molar-refractivity contribution >= 4 is 5.69 Å². The van der Waals surface area contributed by atoms with E-state index in [2.05, 4.69) is 10.3 Å². The summed E-state index contributed by atoms with van der Waals surface area (Å²) in [6.07, 6.45) is -0.899. The van der Waals surface area contributed by atoms with Gasteiger partial charge in [-0.05, 0) is 36.2 Å². The van der Waals surface area contributed by atoms with Crippen molar-refractivity contribution in [2.75, 3.05) is 5.32 Å². The van der Waals surface area contributed by atoms with Gasteiger partial charge in [-0.25, -0.2) is 0 Å². The first kappa shape index (κ1) is 13.4. The summed E-state index contributed by atoms with van der Waals surface area (Å²) in [6.45, 7) is 2.36. The highest BCUT2D eigenvalue weighted by molar-refractivity contribution is 5.46. The van der Waals surface area contributed by atoms with Crippen molar-refractivity contribution < 1.29 is 13.2 Å². The average molecular weight is 266 g/mol. The van der Waals surface area contributed by atoms with Gasteiger partial charge in [0.25, 0.3) is 0 Å². The molecule has 19 heavy (non-hydrogen) atoms. The summed E-state index contributed by atoms with van der Waals surface area (Å²) < 4.78 is 37.6. The molecule has 1 aromatic heterocycles. The van der Waals surface area contributed by atoms with Gasteiger partial charge in [0.2, 0.25) is 0 Å². The molecule has 1 heterocycles. The minimum atomic E-state index is -4.32. The number of alkyl halides is 3. The molecule has 0 aliphatic carbocycles. The molecule has 0 atom stereocenters. The zero-order valence-corrected chi connectivity index (χ0v) is 10.3. The number of anilines is 1. The fourth-order valence-electron chi connectivity index (χ4n) is 1.72. The summed E-state index contributed by atoms with van der Waals surface area (Å²) in [5, 5.41) is 2.96. The molecular formula is C14H13F3N2. The Kier molecular flexibility index (Phi) is 3.74. The number of nitrogens with one attached hydrogen (secondary N) is 1. The fraction of sp³-hybridized carbons (Fsp3) is 0.214. The predicted molar refractivity (Wildman–Crippen MR) is 67.7 cm³/mol. The minimum Gasteiger partial charge on any atom is -0.381 e. The molecule has 0 radical (unpaired) electrons. The van der Waals surface area contributed by atoms with Crippen LogP contribution in [0.2, 0.25) is 0 Å². The lowest BCUT2D eigenvalue weighted by molar-refractivity contribution is -0.137. The lowest BCUT2D eigenvalue weighted by Gasteiger charge is -2.10. The second kappa shape index (κ2) is 5.30. The Balaban J connectivity index is 2.08. The highest BCUT2D eigenvalue weighted by atomic mass is 19.4. The molecule has 0 amide bonds. The van der Waals surface area contributed by atoms with Crippen LogP contribution in [0, 0.1) is 6.92 Å². The highest BCUT2D eigenvalue weighted by Gasteiger charge is 2.30. The Morgan fingerprint density at radius 2 is 1.95 bits per heavy atom. The van der Waals surface area contributed by atoms with E-state index < -0.39 is 11.7 Å². The smallest absolute Gasteiger partial charge is 0.381 e. The SMILES string of the molecule is Cc1cncc(CNc2cccc(C(F)(F)F)c2)c1. The first-order chi connectivity index (χ1) is 8.95. The number of benzene rings is 1. The van der Waals surface area contributed by atoms with E-state index in [-0.39, 0.29) is 0 Å². The monoisotopic (exact) mass is 266 g/mol. The molecule has 0 spiro atoms. The van der Waals surface area contributed by atoms with Crippen LogP contribution in [0.1, 0.15) is 16.7 Å². The largest absolute Gasteiger partial charge is 0.416 e. The van der Waals surface area contributed by atoms with Gasteiger partial charge in [-0.1, -0.05) is 12.1 Å². The van der Waals surface area contributed by atoms with Crippen LogP contribution in [0.15, 0.2) is 42.7 Å². The predicted octanol–water partition coefficient (Wildman–Crippen LogP) is 4.02. The van der Waals surface area contributed by atoms with Crippen LogP contribution < -0.4 is 5.32 Å². The molecule has 2 rings (SSSR count). The number of aromatic nitrogens is 1. The van der Waals surface area contributed by atoms with E-state index in [1.54, 1.807) is 18.5 Å². The quantitative estimate of drug-likeness (QED) is 0.907. The van der Waals surface area contributed by atoms with Crippen LogP contribution in [0.5, 0.6) is 0 Å². The van der Waals surface area contributed by atoms with Gasteiger partial charge < -0.3 is 5.32 Å². The van der Waals surface area contributed by atoms with Crippen molar-refractivity contribution in [2.24, 2.45) is 0 Å². The van der Waals surface area contributed by atoms with Crippen LogP contribution in [0.3, 0.4) is 0 Å². The maximum absolute atomic E-state index is 12.5. The summed E-state index contributed by atoms with van der Waals surface area (Å²) >= 11 is 0. The Morgan fingerprint density at radius 1 is 1.16 bits per heavy atom. The standard InChI is InChI=1S/C14H13F3N2/c1-10-5-11(8-18-7-10)9-19-13-4-2-3-12(6-13)14(15,16)17/h2-8,19H,9H2,1H3. The van der Waals surface area contributed by atoms with Crippen LogP contribution in [0.25, 0.3) is 0 Å². The summed E-state index contributed by atoms with van der Waals surface area (Å²) in [5.74, 6) is 0. The molecule has 0 saturated carbocycles. The van der Waals surface area contributed by atoms with Gasteiger partial charge in [0.05, 0.1) is 5.56 Å². The molecule has 0 unspecified atom stereocenters. The Morgan fingerprint density at radius 3 is 2.63 bits per heavy atom. The van der Waals surface area contributed by atoms with Crippen molar-refractivity contribution in [3.05, 3.63) is 59.4 Å². The van der Waals surface area contributed by atoms with Crippen molar-refractivity contribution in [3.8, 4) is 0 Å². The van der Waals surface area contributed by atoms with E-state index in [0.717, 1.165) is 23.3 Å². The molecule has 2 nitrogen and oxygen atoms in total. The summed E-state index contributed by atoms with van der Waals surface area (Å²) in [4.78, 5) is 4.03. The molecule has 1 aromatic carbocycles. The zero-order valence-electron chi connectivity index (χ0n) is 10.3. The second-order valence-corrected chi connectivity index (χ2v) is 4.30. The fourth-order valence-corrected chi connectivity index (χ4v) is 1.72. The van der Waals surface area contributed by atoms with E-state index in [1.807, 2.05) is 13.0 Å². The third-order valence-electron chi connectivity index (χ3n) is 2.62. The molecule has 0 bridgehead atoms. The van der Waals surface area contributed by atoms with Gasteiger partial charge >= 0.3 is 6.18 Å². The lowest BCUT2D eigenvalue weighted by atomic mass is 10.2. The number of pyridine rings is 1. The minimum absolute atomic E-state index is 0.440. The van der Waals surface area contributed by atoms with E-state index in [9.17, 15) is 13.2 Å². The second-order valence-electron chi connectivity index (χ2n) is 4.30. The van der Waals surface area contributed by atoms with E-state index in [0.29, 0.717) is 12.2 Å². The van der Waals surface area contributed by atoms with Crippen LogP contribution in [0.4, 0.5) is 18.9 Å². The number of hydrogen-bond donors (Lipinski definition) is 1. The third-order valence-corrected chi connectivity index (χ3v) is 2.62. The molecule has 2 aromatic rings. The molecule has 0 aliphatic heterocycles. The normalized spacial score (nSPS) is 11.4. The van der Waals surface area contributed by atoms with Gasteiger partial charge in [-0.2, -0.15) is 13.2 Å². The average Bonchev–Trinajstić information content (AvgIpc) is 2.36. The highest BCUT2D eigenvalue weighted by Crippen LogP contribution is 2.30. The molecule has 100 valence electrons. The van der Waals surface area contributed by atoms with Crippen molar-refractivity contribution in [2.45, 2.75) is 19.6 Å². The molecule has 0 fully saturated rings. The van der Waals surface area contributed by atoms with Gasteiger partial charge in [-0.3, -0.25) is 4.98 Å². The Hall–Kier alpha value is -2.04. The van der Waals surface area contributed by atoms with E-state index >= 15 is 0 Å². The topological polar surface area (TPSA) is 24.9 Å². The molecule has 1 N–H and O–H groups in total. The number of hydrogen-bond acceptors (Lipinski definition) is 2. The lowest BCUT2D eigenvalue weighted by Crippen LogP contribution is -2.06. The van der Waals surface area contributed by atoms with Crippen LogP contribution in [-0.4, -0.2) is 4.98 Å². The first-order valence-corrected chi connectivity index (χ1v) is 5.77.